The van der Waals surface area contributed by atoms with Gasteiger partial charge in [0.15, 0.2) is 0 Å². The number of benzene rings is 1. The molecule has 2 heteroatoms. The molecule has 0 saturated heterocycles. The van der Waals surface area contributed by atoms with Crippen LogP contribution in [-0.4, -0.2) is 0 Å². The molecule has 2 rings (SSSR count). The number of hydrogen-bond donors (Lipinski definition) is 0. The lowest BCUT2D eigenvalue weighted by molar-refractivity contribution is 0.415. The predicted octanol–water partition coefficient (Wildman–Crippen LogP) is 3.03. The maximum atomic E-state index is 12.7. The Hall–Kier alpha value is -0.920. The molecule has 0 atom stereocenters. The SMILES string of the molecule is Fc1[c]c(C2CCC2)cc(F)c1. The van der Waals surface area contributed by atoms with Crippen molar-refractivity contribution in [1.82, 2.24) is 0 Å². The lowest BCUT2D eigenvalue weighted by Gasteiger charge is -2.25. The lowest BCUT2D eigenvalue weighted by Crippen LogP contribution is -2.09. The number of rotatable bonds is 1. The highest BCUT2D eigenvalue weighted by molar-refractivity contribution is 5.21. The van der Waals surface area contributed by atoms with Gasteiger partial charge in [0.25, 0.3) is 0 Å². The molecule has 1 aliphatic rings. The molecule has 12 heavy (non-hydrogen) atoms. The van der Waals surface area contributed by atoms with Gasteiger partial charge in [0, 0.05) is 12.1 Å². The van der Waals surface area contributed by atoms with E-state index in [2.05, 4.69) is 6.07 Å². The quantitative estimate of drug-likeness (QED) is 0.603. The van der Waals surface area contributed by atoms with E-state index in [0.717, 1.165) is 25.3 Å². The third-order valence-corrected chi connectivity index (χ3v) is 2.37. The van der Waals surface area contributed by atoms with Crippen LogP contribution in [0.5, 0.6) is 0 Å². The first-order valence-electron chi connectivity index (χ1n) is 4.14. The normalized spacial score (nSPS) is 17.5. The van der Waals surface area contributed by atoms with Crippen molar-refractivity contribution in [3.63, 3.8) is 0 Å². The minimum absolute atomic E-state index is 0.343. The van der Waals surface area contributed by atoms with Gasteiger partial charge in [-0.15, -0.1) is 0 Å². The molecule has 1 aromatic carbocycles. The standard InChI is InChI=1S/C10H9F2/c11-9-4-8(5-10(12)6-9)7-2-1-3-7/h4,6-7H,1-3H2. The van der Waals surface area contributed by atoms with Crippen LogP contribution in [0.15, 0.2) is 12.1 Å². The van der Waals surface area contributed by atoms with Crippen molar-refractivity contribution in [3.05, 3.63) is 35.4 Å². The van der Waals surface area contributed by atoms with Crippen LogP contribution in [0.1, 0.15) is 30.7 Å². The largest absolute Gasteiger partial charge is 0.207 e. The molecule has 0 amide bonds. The van der Waals surface area contributed by atoms with E-state index in [1.807, 2.05) is 0 Å². The van der Waals surface area contributed by atoms with Crippen LogP contribution >= 0.6 is 0 Å². The molecule has 0 nitrogen and oxygen atoms in total. The zero-order chi connectivity index (χ0) is 8.55. The van der Waals surface area contributed by atoms with Crippen LogP contribution in [0, 0.1) is 17.7 Å². The van der Waals surface area contributed by atoms with Gasteiger partial charge in [0.05, 0.1) is 0 Å². The molecule has 0 spiro atoms. The molecule has 1 saturated carbocycles. The zero-order valence-electron chi connectivity index (χ0n) is 6.61. The van der Waals surface area contributed by atoms with E-state index in [-0.39, 0.29) is 0 Å². The Morgan fingerprint density at radius 1 is 1.25 bits per heavy atom. The van der Waals surface area contributed by atoms with Crippen molar-refractivity contribution < 1.29 is 8.78 Å². The van der Waals surface area contributed by atoms with E-state index in [1.165, 1.54) is 6.07 Å². The molecule has 0 aromatic heterocycles. The first kappa shape index (κ1) is 7.71. The van der Waals surface area contributed by atoms with Gasteiger partial charge in [-0.25, -0.2) is 8.78 Å². The maximum absolute atomic E-state index is 12.7. The number of hydrogen-bond acceptors (Lipinski definition) is 0. The summed E-state index contributed by atoms with van der Waals surface area (Å²) in [5.41, 5.74) is 0.693. The molecule has 0 heterocycles. The summed E-state index contributed by atoms with van der Waals surface area (Å²) in [7, 11) is 0. The summed E-state index contributed by atoms with van der Waals surface area (Å²) in [5.74, 6) is -0.736. The van der Waals surface area contributed by atoms with Crippen molar-refractivity contribution in [2.75, 3.05) is 0 Å². The van der Waals surface area contributed by atoms with Crippen LogP contribution in [0.4, 0.5) is 8.78 Å². The minimum Gasteiger partial charge on any atom is -0.207 e. The fourth-order valence-electron chi connectivity index (χ4n) is 1.46. The van der Waals surface area contributed by atoms with Gasteiger partial charge in [-0.3, -0.25) is 0 Å². The number of halogens is 2. The Bertz CT molecular complexity index is 270. The predicted molar refractivity (Wildman–Crippen MR) is 41.8 cm³/mol. The summed E-state index contributed by atoms with van der Waals surface area (Å²) in [6.45, 7) is 0. The molecular weight excluding hydrogens is 158 g/mol. The molecule has 0 N–H and O–H groups in total. The highest BCUT2D eigenvalue weighted by Gasteiger charge is 2.20. The molecule has 1 aromatic rings. The van der Waals surface area contributed by atoms with Gasteiger partial charge in [-0.2, -0.15) is 0 Å². The Morgan fingerprint density at radius 3 is 2.50 bits per heavy atom. The average molecular weight is 167 g/mol. The summed E-state index contributed by atoms with van der Waals surface area (Å²) in [5, 5.41) is 0. The van der Waals surface area contributed by atoms with E-state index < -0.39 is 11.6 Å². The minimum atomic E-state index is -0.586. The van der Waals surface area contributed by atoms with Crippen molar-refractivity contribution in [1.29, 1.82) is 0 Å². The smallest absolute Gasteiger partial charge is 0.134 e. The highest BCUT2D eigenvalue weighted by atomic mass is 19.1. The second kappa shape index (κ2) is 2.85. The van der Waals surface area contributed by atoms with Crippen LogP contribution in [0.25, 0.3) is 0 Å². The second-order valence-corrected chi connectivity index (χ2v) is 3.23. The molecule has 0 aliphatic heterocycles. The molecule has 1 aliphatic carbocycles. The van der Waals surface area contributed by atoms with Gasteiger partial charge in [-0.1, -0.05) is 6.42 Å². The lowest BCUT2D eigenvalue weighted by atomic mass is 9.80. The Morgan fingerprint density at radius 2 is 2.00 bits per heavy atom. The molecule has 1 radical (unpaired) electrons. The Kier molecular flexibility index (Phi) is 1.83. The van der Waals surface area contributed by atoms with E-state index in [9.17, 15) is 8.78 Å². The van der Waals surface area contributed by atoms with E-state index in [4.69, 9.17) is 0 Å². The first-order chi connectivity index (χ1) is 5.75. The Labute approximate surface area is 70.2 Å². The first-order valence-corrected chi connectivity index (χ1v) is 4.14. The summed E-state index contributed by atoms with van der Waals surface area (Å²) in [6, 6.07) is 4.79. The molecule has 1 fully saturated rings. The van der Waals surface area contributed by atoms with Crippen molar-refractivity contribution >= 4 is 0 Å². The van der Waals surface area contributed by atoms with Crippen molar-refractivity contribution in [2.24, 2.45) is 0 Å². The fourth-order valence-corrected chi connectivity index (χ4v) is 1.46. The van der Waals surface area contributed by atoms with Crippen LogP contribution in [0.3, 0.4) is 0 Å². The third-order valence-electron chi connectivity index (χ3n) is 2.37. The van der Waals surface area contributed by atoms with Crippen LogP contribution < -0.4 is 0 Å². The maximum Gasteiger partial charge on any atom is 0.134 e. The van der Waals surface area contributed by atoms with E-state index >= 15 is 0 Å². The van der Waals surface area contributed by atoms with Crippen LogP contribution in [-0.2, 0) is 0 Å². The molecule has 0 unspecified atom stereocenters. The van der Waals surface area contributed by atoms with Gasteiger partial charge in [0.1, 0.15) is 11.6 Å². The monoisotopic (exact) mass is 167 g/mol. The fraction of sp³-hybridized carbons (Fsp3) is 0.400. The summed E-state index contributed by atoms with van der Waals surface area (Å²) in [6.07, 6.45) is 3.25. The van der Waals surface area contributed by atoms with Crippen molar-refractivity contribution in [3.8, 4) is 0 Å². The average Bonchev–Trinajstić information content (AvgIpc) is 1.79. The Balaban J connectivity index is 2.30. The van der Waals surface area contributed by atoms with E-state index in [0.29, 0.717) is 11.5 Å². The van der Waals surface area contributed by atoms with Crippen LogP contribution in [0.2, 0.25) is 0 Å². The van der Waals surface area contributed by atoms with Gasteiger partial charge < -0.3 is 0 Å². The third kappa shape index (κ3) is 1.33. The van der Waals surface area contributed by atoms with Crippen molar-refractivity contribution in [2.45, 2.75) is 25.2 Å². The highest BCUT2D eigenvalue weighted by Crippen LogP contribution is 2.36. The summed E-state index contributed by atoms with van der Waals surface area (Å²) >= 11 is 0. The van der Waals surface area contributed by atoms with E-state index in [1.54, 1.807) is 0 Å². The topological polar surface area (TPSA) is 0 Å². The molecular formula is C10H9F2. The summed E-state index contributed by atoms with van der Waals surface area (Å²) < 4.78 is 25.3. The second-order valence-electron chi connectivity index (χ2n) is 3.23. The van der Waals surface area contributed by atoms with Gasteiger partial charge in [-0.05, 0) is 30.4 Å². The van der Waals surface area contributed by atoms with Gasteiger partial charge >= 0.3 is 0 Å². The summed E-state index contributed by atoms with van der Waals surface area (Å²) in [4.78, 5) is 0. The molecule has 0 bridgehead atoms. The molecule has 63 valence electrons. The zero-order valence-corrected chi connectivity index (χ0v) is 6.61. The van der Waals surface area contributed by atoms with Gasteiger partial charge in [0.2, 0.25) is 0 Å².